The molecular formula is C28H30ClN9O4S2. The Morgan fingerprint density at radius 2 is 1.07 bits per heavy atom. The Kier molecular flexibility index (Phi) is 10.3. The van der Waals surface area contributed by atoms with Gasteiger partial charge in [-0.25, -0.2) is 26.3 Å². The molecule has 4 rings (SSSR count). The van der Waals surface area contributed by atoms with Gasteiger partial charge in [-0.05, 0) is 87.6 Å². The molecule has 0 atom stereocenters. The highest BCUT2D eigenvalue weighted by molar-refractivity contribution is 7.89. The van der Waals surface area contributed by atoms with Crippen molar-refractivity contribution in [3.63, 3.8) is 0 Å². The van der Waals surface area contributed by atoms with E-state index in [0.717, 1.165) is 0 Å². The molecule has 13 nitrogen and oxygen atoms in total. The van der Waals surface area contributed by atoms with Crippen molar-refractivity contribution in [2.75, 3.05) is 30.3 Å². The number of rotatable bonds is 12. The van der Waals surface area contributed by atoms with E-state index in [1.54, 1.807) is 68.4 Å². The van der Waals surface area contributed by atoms with Crippen molar-refractivity contribution in [1.29, 1.82) is 0 Å². The van der Waals surface area contributed by atoms with Crippen molar-refractivity contribution >= 4 is 66.3 Å². The van der Waals surface area contributed by atoms with Crippen molar-refractivity contribution < 1.29 is 16.8 Å². The first-order valence-electron chi connectivity index (χ1n) is 13.0. The van der Waals surface area contributed by atoms with E-state index in [9.17, 15) is 16.8 Å². The molecule has 4 aromatic rings. The average Bonchev–Trinajstić information content (AvgIpc) is 3.03. The molecule has 3 aromatic carbocycles. The summed E-state index contributed by atoms with van der Waals surface area (Å²) in [6.07, 6.45) is 0. The van der Waals surface area contributed by atoms with Crippen LogP contribution in [0.2, 0.25) is 5.02 Å². The van der Waals surface area contributed by atoms with Gasteiger partial charge in [-0.1, -0.05) is 35.9 Å². The lowest BCUT2D eigenvalue weighted by molar-refractivity contribution is 0.586. The zero-order valence-corrected chi connectivity index (χ0v) is 26.5. The zero-order valence-electron chi connectivity index (χ0n) is 24.1. The maximum absolute atomic E-state index is 12.0. The van der Waals surface area contributed by atoms with Crippen LogP contribution in [0.3, 0.4) is 0 Å². The Balaban J connectivity index is 1.58. The Hall–Kier alpha value is -4.41. The SMILES string of the molecule is CNS(=O)(=O)c1ccc(/C(C)=N\Nc2cc(N/N=C(/C)c3ccc(S(=O)(=O)NC)cc3)nc(Nc3ccc(Cl)cc3)n2)cc1. The number of nitrogens with zero attached hydrogens (tertiary/aromatic N) is 4. The minimum absolute atomic E-state index is 0.142. The summed E-state index contributed by atoms with van der Waals surface area (Å²) in [4.78, 5) is 9.26. The van der Waals surface area contributed by atoms with Gasteiger partial charge in [0.15, 0.2) is 11.6 Å². The van der Waals surface area contributed by atoms with Crippen LogP contribution in [0.4, 0.5) is 23.3 Å². The van der Waals surface area contributed by atoms with Crippen LogP contribution in [-0.4, -0.2) is 52.3 Å². The number of nitrogens with one attached hydrogen (secondary N) is 5. The molecule has 0 radical (unpaired) electrons. The van der Waals surface area contributed by atoms with E-state index in [2.05, 4.69) is 45.8 Å². The van der Waals surface area contributed by atoms with Crippen LogP contribution in [0.15, 0.2) is 98.9 Å². The molecule has 0 aliphatic heterocycles. The van der Waals surface area contributed by atoms with Crippen LogP contribution in [0.5, 0.6) is 0 Å². The average molecular weight is 656 g/mol. The van der Waals surface area contributed by atoms with Gasteiger partial charge in [-0.15, -0.1) is 0 Å². The molecule has 230 valence electrons. The second kappa shape index (κ2) is 13.9. The van der Waals surface area contributed by atoms with E-state index >= 15 is 0 Å². The molecule has 0 amide bonds. The first-order chi connectivity index (χ1) is 20.9. The van der Waals surface area contributed by atoms with E-state index in [-0.39, 0.29) is 15.7 Å². The summed E-state index contributed by atoms with van der Waals surface area (Å²) in [5, 5.41) is 12.5. The number of aromatic nitrogens is 2. The lowest BCUT2D eigenvalue weighted by atomic mass is 10.1. The van der Waals surface area contributed by atoms with Crippen LogP contribution >= 0.6 is 11.6 Å². The first-order valence-corrected chi connectivity index (χ1v) is 16.3. The van der Waals surface area contributed by atoms with E-state index < -0.39 is 20.0 Å². The fraction of sp³-hybridized carbons (Fsp3) is 0.143. The molecule has 1 heterocycles. The van der Waals surface area contributed by atoms with Crippen molar-refractivity contribution in [1.82, 2.24) is 19.4 Å². The molecule has 0 saturated carbocycles. The molecule has 5 N–H and O–H groups in total. The molecule has 44 heavy (non-hydrogen) atoms. The van der Waals surface area contributed by atoms with Gasteiger partial charge in [-0.2, -0.15) is 20.2 Å². The molecule has 0 aliphatic rings. The van der Waals surface area contributed by atoms with Crippen LogP contribution in [-0.2, 0) is 20.0 Å². The third-order valence-electron chi connectivity index (χ3n) is 6.21. The summed E-state index contributed by atoms with van der Waals surface area (Å²) in [6, 6.07) is 21.2. The molecule has 0 fully saturated rings. The highest BCUT2D eigenvalue weighted by atomic mass is 35.5. The van der Waals surface area contributed by atoms with Crippen molar-refractivity contribution in [3.05, 3.63) is 95.0 Å². The first kappa shape index (κ1) is 32.5. The highest BCUT2D eigenvalue weighted by Gasteiger charge is 2.13. The number of hydrogen-bond acceptors (Lipinski definition) is 11. The lowest BCUT2D eigenvalue weighted by Crippen LogP contribution is -2.18. The third-order valence-corrected chi connectivity index (χ3v) is 9.32. The van der Waals surface area contributed by atoms with Gasteiger partial charge in [-0.3, -0.25) is 10.9 Å². The van der Waals surface area contributed by atoms with E-state index in [1.807, 2.05) is 0 Å². The molecule has 16 heteroatoms. The smallest absolute Gasteiger partial charge is 0.240 e. The van der Waals surface area contributed by atoms with Crippen LogP contribution < -0.4 is 25.6 Å². The summed E-state index contributed by atoms with van der Waals surface area (Å²) in [7, 11) is -4.40. The predicted molar refractivity (Wildman–Crippen MR) is 174 cm³/mol. The van der Waals surface area contributed by atoms with Gasteiger partial charge in [0.05, 0.1) is 21.2 Å². The Morgan fingerprint density at radius 1 is 0.659 bits per heavy atom. The summed E-state index contributed by atoms with van der Waals surface area (Å²) >= 11 is 6.01. The summed E-state index contributed by atoms with van der Waals surface area (Å²) < 4.78 is 52.7. The Morgan fingerprint density at radius 3 is 1.45 bits per heavy atom. The van der Waals surface area contributed by atoms with E-state index in [0.29, 0.717) is 44.9 Å². The molecule has 0 unspecified atom stereocenters. The molecule has 0 spiro atoms. The molecule has 1 aromatic heterocycles. The minimum Gasteiger partial charge on any atom is -0.324 e. The van der Waals surface area contributed by atoms with Crippen molar-refractivity contribution in [2.24, 2.45) is 10.2 Å². The number of hydrogen-bond donors (Lipinski definition) is 5. The highest BCUT2D eigenvalue weighted by Crippen LogP contribution is 2.21. The normalized spacial score (nSPS) is 12.6. The number of sulfonamides is 2. The van der Waals surface area contributed by atoms with E-state index in [1.165, 1.54) is 38.4 Å². The maximum atomic E-state index is 12.0. The summed E-state index contributed by atoms with van der Waals surface area (Å²) in [5.41, 5.74) is 9.09. The van der Waals surface area contributed by atoms with Crippen molar-refractivity contribution in [2.45, 2.75) is 23.6 Å². The van der Waals surface area contributed by atoms with Gasteiger partial charge in [0.2, 0.25) is 26.0 Å². The fourth-order valence-electron chi connectivity index (χ4n) is 3.68. The van der Waals surface area contributed by atoms with Crippen molar-refractivity contribution in [3.8, 4) is 0 Å². The van der Waals surface area contributed by atoms with Gasteiger partial charge in [0.1, 0.15) is 0 Å². The van der Waals surface area contributed by atoms with Gasteiger partial charge >= 0.3 is 0 Å². The standard InChI is InChI=1S/C28H30ClN9O4S2/c1-18(20-5-13-24(14-6-20)43(39,40)30-3)35-37-26-17-27(34-28(33-26)32-23-11-9-22(29)10-12-23)38-36-19(2)21-7-15-25(16-8-21)44(41,42)31-4/h5-17,30-31H,1-4H3,(H3,32,33,34,37,38)/b35-18-,36-19-. The Bertz CT molecular complexity index is 1780. The van der Waals surface area contributed by atoms with Crippen LogP contribution in [0.1, 0.15) is 25.0 Å². The minimum atomic E-state index is -3.55. The second-order valence-corrected chi connectivity index (χ2v) is 13.4. The topological polar surface area (TPSA) is 179 Å². The van der Waals surface area contributed by atoms with Gasteiger partial charge < -0.3 is 5.32 Å². The lowest BCUT2D eigenvalue weighted by Gasteiger charge is -2.11. The van der Waals surface area contributed by atoms with Gasteiger partial charge in [0, 0.05) is 16.8 Å². The third kappa shape index (κ3) is 8.36. The monoisotopic (exact) mass is 655 g/mol. The summed E-state index contributed by atoms with van der Waals surface area (Å²) in [6.45, 7) is 3.53. The zero-order chi connectivity index (χ0) is 31.9. The van der Waals surface area contributed by atoms with Crippen LogP contribution in [0, 0.1) is 0 Å². The maximum Gasteiger partial charge on any atom is 0.240 e. The molecule has 0 bridgehead atoms. The molecular weight excluding hydrogens is 626 g/mol. The predicted octanol–water partition coefficient (Wildman–Crippen LogP) is 4.36. The van der Waals surface area contributed by atoms with E-state index in [4.69, 9.17) is 11.6 Å². The van der Waals surface area contributed by atoms with Gasteiger partial charge in [0.25, 0.3) is 0 Å². The molecule has 0 saturated heterocycles. The largest absolute Gasteiger partial charge is 0.324 e. The number of benzene rings is 3. The fourth-order valence-corrected chi connectivity index (χ4v) is 5.26. The quantitative estimate of drug-likeness (QED) is 0.109. The second-order valence-electron chi connectivity index (χ2n) is 9.18. The number of anilines is 4. The summed E-state index contributed by atoms with van der Waals surface area (Å²) in [5.74, 6) is 0.910. The number of hydrazone groups is 2. The Labute approximate surface area is 261 Å². The number of halogens is 1. The van der Waals surface area contributed by atoms with Crippen LogP contribution in [0.25, 0.3) is 0 Å². The molecule has 0 aliphatic carbocycles.